The fourth-order valence-corrected chi connectivity index (χ4v) is 4.73. The summed E-state index contributed by atoms with van der Waals surface area (Å²) in [5, 5.41) is 12.6. The number of hydrogen-bond acceptors (Lipinski definition) is 5. The molecule has 3 rings (SSSR count). The fraction of sp³-hybridized carbons (Fsp3) is 0.591. The van der Waals surface area contributed by atoms with Crippen molar-refractivity contribution in [2.75, 3.05) is 20.2 Å². The van der Waals surface area contributed by atoms with Gasteiger partial charge in [-0.1, -0.05) is 11.8 Å². The van der Waals surface area contributed by atoms with Crippen molar-refractivity contribution in [3.63, 3.8) is 0 Å². The smallest absolute Gasteiger partial charge is 0.233 e. The van der Waals surface area contributed by atoms with Gasteiger partial charge in [0, 0.05) is 11.7 Å². The summed E-state index contributed by atoms with van der Waals surface area (Å²) in [5.41, 5.74) is 0.984. The summed E-state index contributed by atoms with van der Waals surface area (Å²) in [7, 11) is 1.66. The average molecular weight is 433 g/mol. The highest BCUT2D eigenvalue weighted by Gasteiger charge is 2.29. The van der Waals surface area contributed by atoms with Crippen LogP contribution in [-0.4, -0.2) is 52.2 Å². The summed E-state index contributed by atoms with van der Waals surface area (Å²) in [5.74, 6) is 1.76. The topological polar surface area (TPSA) is 73.5 Å². The predicted octanol–water partition coefficient (Wildman–Crippen LogP) is 2.41. The van der Waals surface area contributed by atoms with Crippen molar-refractivity contribution in [1.29, 1.82) is 0 Å². The van der Waals surface area contributed by atoms with Gasteiger partial charge in [-0.05, 0) is 71.2 Å². The van der Waals surface area contributed by atoms with E-state index in [2.05, 4.69) is 27.0 Å². The third kappa shape index (κ3) is 5.35. The minimum atomic E-state index is -0.265. The van der Waals surface area contributed by atoms with E-state index in [1.807, 2.05) is 45.0 Å². The van der Waals surface area contributed by atoms with Crippen molar-refractivity contribution in [1.82, 2.24) is 20.1 Å². The van der Waals surface area contributed by atoms with Gasteiger partial charge in [0.1, 0.15) is 11.8 Å². The molecule has 1 aromatic heterocycles. The Bertz CT molecular complexity index is 831. The Hall–Kier alpha value is -2.06. The molecule has 1 amide bonds. The number of hydrogen-bond donors (Lipinski definition) is 2. The van der Waals surface area contributed by atoms with Crippen LogP contribution in [0, 0.1) is 0 Å². The molecule has 1 aliphatic rings. The molecule has 2 aromatic rings. The van der Waals surface area contributed by atoms with E-state index < -0.39 is 0 Å². The third-order valence-electron chi connectivity index (χ3n) is 5.57. The van der Waals surface area contributed by atoms with Crippen LogP contribution in [-0.2, 0) is 4.79 Å². The maximum Gasteiger partial charge on any atom is 0.233 e. The number of ether oxygens (including phenoxy) is 1. The highest BCUT2D eigenvalue weighted by Crippen LogP contribution is 2.28. The van der Waals surface area contributed by atoms with Crippen LogP contribution in [0.3, 0.4) is 0 Å². The molecule has 0 aliphatic carbocycles. The highest BCUT2D eigenvalue weighted by atomic mass is 32.2. The number of carbonyl (C=O) groups excluding carboxylic acids is 1. The van der Waals surface area contributed by atoms with Gasteiger partial charge in [0.2, 0.25) is 5.91 Å². The first-order valence-electron chi connectivity index (χ1n) is 10.8. The van der Waals surface area contributed by atoms with E-state index in [1.165, 1.54) is 31.0 Å². The molecule has 1 aromatic carbocycles. The second-order valence-electron chi connectivity index (χ2n) is 8.24. The fourth-order valence-electron chi connectivity index (χ4n) is 3.85. The summed E-state index contributed by atoms with van der Waals surface area (Å²) in [6, 6.07) is 8.27. The van der Waals surface area contributed by atoms with Crippen molar-refractivity contribution < 1.29 is 14.4 Å². The number of likely N-dealkylation sites (tertiary alicyclic amines) is 1. The number of methoxy groups -OCH3 is 1. The number of aromatic nitrogens is 3. The number of rotatable bonds is 8. The Kier molecular flexibility index (Phi) is 7.77. The summed E-state index contributed by atoms with van der Waals surface area (Å²) >= 11 is 1.45. The number of quaternary nitrogens is 1. The number of thioether (sulfide) groups is 1. The van der Waals surface area contributed by atoms with Crippen molar-refractivity contribution in [2.45, 2.75) is 69.4 Å². The van der Waals surface area contributed by atoms with E-state index in [-0.39, 0.29) is 23.2 Å². The molecule has 2 heterocycles. The predicted molar refractivity (Wildman–Crippen MR) is 119 cm³/mol. The molecular weight excluding hydrogens is 398 g/mol. The molecule has 2 N–H and O–H groups in total. The quantitative estimate of drug-likeness (QED) is 0.627. The van der Waals surface area contributed by atoms with E-state index in [1.54, 1.807) is 12.0 Å². The Morgan fingerprint density at radius 3 is 2.37 bits per heavy atom. The van der Waals surface area contributed by atoms with E-state index in [9.17, 15) is 4.79 Å². The lowest BCUT2D eigenvalue weighted by atomic mass is 10.1. The minimum absolute atomic E-state index is 0.00975. The molecule has 1 saturated heterocycles. The number of piperidine rings is 1. The molecule has 1 fully saturated rings. The van der Waals surface area contributed by atoms with Gasteiger partial charge in [-0.25, -0.2) is 0 Å². The van der Waals surface area contributed by atoms with Crippen LogP contribution in [0.2, 0.25) is 0 Å². The molecule has 0 saturated carbocycles. The Labute approximate surface area is 183 Å². The summed E-state index contributed by atoms with van der Waals surface area (Å²) < 4.78 is 7.43. The maximum absolute atomic E-state index is 12.5. The number of amides is 1. The first kappa shape index (κ1) is 22.6. The first-order valence-corrected chi connectivity index (χ1v) is 11.7. The SMILES string of the molecule is COc1ccc(-n2c(S[C@H](C)C(=O)NC(C)C)nnc2[C@@H](C)[NH+]2CCCCC2)cc1. The molecule has 0 spiro atoms. The van der Waals surface area contributed by atoms with Gasteiger partial charge in [-0.2, -0.15) is 0 Å². The van der Waals surface area contributed by atoms with Crippen LogP contribution in [0.25, 0.3) is 5.69 Å². The number of nitrogens with zero attached hydrogens (tertiary/aromatic N) is 3. The zero-order chi connectivity index (χ0) is 21.7. The van der Waals surface area contributed by atoms with Gasteiger partial charge in [-0.15, -0.1) is 10.2 Å². The zero-order valence-electron chi connectivity index (χ0n) is 18.6. The molecule has 0 bridgehead atoms. The zero-order valence-corrected chi connectivity index (χ0v) is 19.5. The van der Waals surface area contributed by atoms with E-state index >= 15 is 0 Å². The third-order valence-corrected chi connectivity index (χ3v) is 6.61. The highest BCUT2D eigenvalue weighted by molar-refractivity contribution is 8.00. The van der Waals surface area contributed by atoms with Crippen LogP contribution in [0.4, 0.5) is 0 Å². The Balaban J connectivity index is 1.93. The van der Waals surface area contributed by atoms with Gasteiger partial charge < -0.3 is 15.0 Å². The van der Waals surface area contributed by atoms with E-state index in [0.717, 1.165) is 35.5 Å². The van der Waals surface area contributed by atoms with Crippen LogP contribution in [0.15, 0.2) is 29.4 Å². The molecule has 30 heavy (non-hydrogen) atoms. The molecule has 7 nitrogen and oxygen atoms in total. The molecule has 8 heteroatoms. The maximum atomic E-state index is 12.5. The van der Waals surface area contributed by atoms with Crippen LogP contribution >= 0.6 is 11.8 Å². The van der Waals surface area contributed by atoms with Gasteiger partial charge in [-0.3, -0.25) is 9.36 Å². The van der Waals surface area contributed by atoms with Gasteiger partial charge in [0.05, 0.1) is 25.4 Å². The molecular formula is C22H34N5O2S+. The second kappa shape index (κ2) is 10.3. The number of nitrogens with one attached hydrogen (secondary N) is 2. The molecule has 0 unspecified atom stereocenters. The summed E-state index contributed by atoms with van der Waals surface area (Å²) in [4.78, 5) is 14.0. The number of benzene rings is 1. The van der Waals surface area contributed by atoms with Gasteiger partial charge in [0.15, 0.2) is 11.0 Å². The van der Waals surface area contributed by atoms with Gasteiger partial charge >= 0.3 is 0 Å². The van der Waals surface area contributed by atoms with Crippen LogP contribution in [0.1, 0.15) is 58.8 Å². The van der Waals surface area contributed by atoms with Crippen molar-refractivity contribution in [3.8, 4) is 11.4 Å². The van der Waals surface area contributed by atoms with Crippen LogP contribution in [0.5, 0.6) is 5.75 Å². The summed E-state index contributed by atoms with van der Waals surface area (Å²) in [6.07, 6.45) is 3.82. The molecule has 0 radical (unpaired) electrons. The van der Waals surface area contributed by atoms with E-state index in [4.69, 9.17) is 4.74 Å². The molecule has 2 atom stereocenters. The molecule has 1 aliphatic heterocycles. The average Bonchev–Trinajstić information content (AvgIpc) is 3.16. The van der Waals surface area contributed by atoms with Crippen LogP contribution < -0.4 is 15.0 Å². The van der Waals surface area contributed by atoms with Crippen molar-refractivity contribution >= 4 is 17.7 Å². The number of carbonyl (C=O) groups is 1. The standard InChI is InChI=1S/C22H33N5O2S/c1-15(2)23-21(28)17(4)30-22-25-24-20(16(3)26-13-7-6-8-14-26)27(22)18-9-11-19(29-5)12-10-18/h9-12,15-17H,6-8,13-14H2,1-5H3,(H,23,28)/p+1/t16-,17-/m1/s1. The largest absolute Gasteiger partial charge is 0.497 e. The lowest BCUT2D eigenvalue weighted by molar-refractivity contribution is -0.935. The Morgan fingerprint density at radius 2 is 1.77 bits per heavy atom. The Morgan fingerprint density at radius 1 is 1.10 bits per heavy atom. The van der Waals surface area contributed by atoms with Gasteiger partial charge in [0.25, 0.3) is 0 Å². The lowest BCUT2D eigenvalue weighted by Crippen LogP contribution is -3.12. The normalized spacial score (nSPS) is 17.0. The summed E-state index contributed by atoms with van der Waals surface area (Å²) in [6.45, 7) is 10.4. The lowest BCUT2D eigenvalue weighted by Gasteiger charge is -2.29. The monoisotopic (exact) mass is 432 g/mol. The van der Waals surface area contributed by atoms with Crippen molar-refractivity contribution in [2.24, 2.45) is 0 Å². The molecule has 164 valence electrons. The second-order valence-corrected chi connectivity index (χ2v) is 9.55. The van der Waals surface area contributed by atoms with Crippen molar-refractivity contribution in [3.05, 3.63) is 30.1 Å². The first-order chi connectivity index (χ1) is 14.4. The minimum Gasteiger partial charge on any atom is -0.497 e. The van der Waals surface area contributed by atoms with E-state index in [0.29, 0.717) is 0 Å².